The fourth-order valence-electron chi connectivity index (χ4n) is 4.72. The quantitative estimate of drug-likeness (QED) is 0.230. The Bertz CT molecular complexity index is 1460. The molecular weight excluding hydrogens is 500 g/mol. The van der Waals surface area contributed by atoms with E-state index >= 15 is 0 Å². The summed E-state index contributed by atoms with van der Waals surface area (Å²) < 4.78 is 0. The molecule has 0 aliphatic heterocycles. The summed E-state index contributed by atoms with van der Waals surface area (Å²) >= 11 is 6.07. The second-order valence-electron chi connectivity index (χ2n) is 9.60. The number of allylic oxidation sites excluding steroid dienone is 1. The van der Waals surface area contributed by atoms with E-state index in [0.717, 1.165) is 51.7 Å². The molecule has 1 aliphatic carbocycles. The van der Waals surface area contributed by atoms with Crippen LogP contribution in [0.25, 0.3) is 11.3 Å². The molecule has 0 bridgehead atoms. The summed E-state index contributed by atoms with van der Waals surface area (Å²) in [5, 5.41) is 14.6. The molecule has 0 heterocycles. The second-order valence-corrected chi connectivity index (χ2v) is 10.0. The highest BCUT2D eigenvalue weighted by Crippen LogP contribution is 2.40. The lowest BCUT2D eigenvalue weighted by molar-refractivity contribution is 0.514. The zero-order valence-corrected chi connectivity index (χ0v) is 24.0. The molecule has 2 N–H and O–H groups in total. The summed E-state index contributed by atoms with van der Waals surface area (Å²) in [6.07, 6.45) is 3.39. The number of para-hydroxylation sites is 1. The van der Waals surface area contributed by atoms with Gasteiger partial charge in [-0.1, -0.05) is 67.9 Å². The van der Waals surface area contributed by atoms with Crippen LogP contribution in [0.5, 0.6) is 0 Å². The first kappa shape index (κ1) is 28.1. The number of hydrogen-bond acceptors (Lipinski definition) is 3. The zero-order valence-electron chi connectivity index (χ0n) is 23.3. The third-order valence-electron chi connectivity index (χ3n) is 7.05. The van der Waals surface area contributed by atoms with Crippen LogP contribution in [0.1, 0.15) is 55.4 Å². The van der Waals surface area contributed by atoms with E-state index in [1.54, 1.807) is 0 Å². The molecule has 0 saturated heterocycles. The molecule has 200 valence electrons. The van der Waals surface area contributed by atoms with Gasteiger partial charge < -0.3 is 15.3 Å². The third-order valence-corrected chi connectivity index (χ3v) is 7.30. The van der Waals surface area contributed by atoms with Crippen LogP contribution in [0, 0.1) is 6.92 Å². The van der Waals surface area contributed by atoms with E-state index in [2.05, 4.69) is 73.2 Å². The predicted molar refractivity (Wildman–Crippen MR) is 170 cm³/mol. The average molecular weight is 537 g/mol. The number of aliphatic hydroxyl groups is 1. The number of rotatable bonds is 7. The lowest BCUT2D eigenvalue weighted by Crippen LogP contribution is -2.09. The van der Waals surface area contributed by atoms with Crippen molar-refractivity contribution < 1.29 is 5.11 Å². The van der Waals surface area contributed by atoms with Crippen LogP contribution in [0.2, 0.25) is 5.02 Å². The molecule has 1 fully saturated rings. The number of nitrogens with zero attached hydrogens (tertiary/aromatic N) is 1. The fourth-order valence-corrected chi connectivity index (χ4v) is 4.85. The van der Waals surface area contributed by atoms with Crippen LogP contribution in [0.15, 0.2) is 103 Å². The third kappa shape index (κ3) is 6.55. The maximum atomic E-state index is 10.3. The van der Waals surface area contributed by atoms with E-state index in [9.17, 15) is 5.11 Å². The summed E-state index contributed by atoms with van der Waals surface area (Å²) in [6.45, 7) is 9.89. The molecule has 0 radical (unpaired) electrons. The van der Waals surface area contributed by atoms with Crippen LogP contribution >= 0.6 is 11.6 Å². The SMILES string of the molecule is C=C(O)c1cc(Nc2ccccc2C)cc(C(=C2CCC2)c2ccc(N(C)c3ccc(Cl)cc3)cc2)c1.CC. The average Bonchev–Trinajstić information content (AvgIpc) is 2.93. The Balaban J connectivity index is 0.00000172. The molecule has 0 atom stereocenters. The Labute approximate surface area is 238 Å². The van der Waals surface area contributed by atoms with Crippen molar-refractivity contribution in [2.24, 2.45) is 0 Å². The van der Waals surface area contributed by atoms with Gasteiger partial charge >= 0.3 is 0 Å². The lowest BCUT2D eigenvalue weighted by Gasteiger charge is -2.25. The van der Waals surface area contributed by atoms with Crippen LogP contribution in [-0.2, 0) is 0 Å². The Morgan fingerprint density at radius 1 is 0.821 bits per heavy atom. The maximum Gasteiger partial charge on any atom is 0.115 e. The van der Waals surface area contributed by atoms with Gasteiger partial charge in [-0.2, -0.15) is 0 Å². The molecule has 4 heteroatoms. The summed E-state index contributed by atoms with van der Waals surface area (Å²) in [7, 11) is 2.06. The van der Waals surface area contributed by atoms with Crippen molar-refractivity contribution in [1.29, 1.82) is 0 Å². The van der Waals surface area contributed by atoms with Crippen molar-refractivity contribution in [3.05, 3.63) is 130 Å². The molecule has 0 unspecified atom stereocenters. The van der Waals surface area contributed by atoms with Gasteiger partial charge in [-0.15, -0.1) is 0 Å². The van der Waals surface area contributed by atoms with Crippen molar-refractivity contribution >= 4 is 45.7 Å². The molecule has 4 aromatic carbocycles. The summed E-state index contributed by atoms with van der Waals surface area (Å²) in [5.41, 5.74) is 11.0. The molecule has 0 spiro atoms. The minimum absolute atomic E-state index is 0.0626. The van der Waals surface area contributed by atoms with Crippen molar-refractivity contribution in [2.45, 2.75) is 40.0 Å². The zero-order chi connectivity index (χ0) is 27.9. The Morgan fingerprint density at radius 2 is 1.41 bits per heavy atom. The standard InChI is InChI=1S/C33H31ClN2O.C2H6/c1-22-7-4-5-10-32(22)35-29-20-26(23(2)37)19-27(21-29)33(24-8-6-9-24)25-11-15-30(16-12-25)36(3)31-17-13-28(34)14-18-31;1-2/h4-5,7,10-21,35,37H,2,6,8-9H2,1,3H3;1-2H3. The highest BCUT2D eigenvalue weighted by molar-refractivity contribution is 6.30. The van der Waals surface area contributed by atoms with Crippen molar-refractivity contribution in [2.75, 3.05) is 17.3 Å². The van der Waals surface area contributed by atoms with Crippen LogP contribution in [0.3, 0.4) is 0 Å². The Kier molecular flexibility index (Phi) is 9.16. The minimum atomic E-state index is 0.0626. The molecule has 0 aromatic heterocycles. The number of nitrogens with one attached hydrogen (secondary N) is 1. The number of hydrogen-bond donors (Lipinski definition) is 2. The van der Waals surface area contributed by atoms with Gasteiger partial charge in [-0.25, -0.2) is 0 Å². The molecule has 1 saturated carbocycles. The van der Waals surface area contributed by atoms with E-state index in [1.807, 2.05) is 62.4 Å². The van der Waals surface area contributed by atoms with Crippen LogP contribution < -0.4 is 10.2 Å². The summed E-state index contributed by atoms with van der Waals surface area (Å²) in [4.78, 5) is 2.15. The summed E-state index contributed by atoms with van der Waals surface area (Å²) in [5.74, 6) is 0.0626. The molecule has 0 amide bonds. The molecule has 4 aromatic rings. The number of aryl methyl sites for hydroxylation is 1. The molecular formula is C35H37ClN2O. The van der Waals surface area contributed by atoms with E-state index < -0.39 is 0 Å². The topological polar surface area (TPSA) is 35.5 Å². The van der Waals surface area contributed by atoms with E-state index in [1.165, 1.54) is 23.1 Å². The first-order valence-corrected chi connectivity index (χ1v) is 13.9. The van der Waals surface area contributed by atoms with Gasteiger partial charge in [0.2, 0.25) is 0 Å². The second kappa shape index (κ2) is 12.7. The normalized spacial score (nSPS) is 12.1. The van der Waals surface area contributed by atoms with Gasteiger partial charge in [0.15, 0.2) is 0 Å². The minimum Gasteiger partial charge on any atom is -0.508 e. The van der Waals surface area contributed by atoms with E-state index in [0.29, 0.717) is 5.56 Å². The number of benzene rings is 4. The molecule has 3 nitrogen and oxygen atoms in total. The van der Waals surface area contributed by atoms with Gasteiger partial charge in [0, 0.05) is 40.4 Å². The molecule has 39 heavy (non-hydrogen) atoms. The highest BCUT2D eigenvalue weighted by atomic mass is 35.5. The maximum absolute atomic E-state index is 10.3. The van der Waals surface area contributed by atoms with Crippen LogP contribution in [0.4, 0.5) is 22.7 Å². The molecule has 1 aliphatic rings. The van der Waals surface area contributed by atoms with Gasteiger partial charge in [-0.05, 0) is 109 Å². The summed E-state index contributed by atoms with van der Waals surface area (Å²) in [6, 6.07) is 30.9. The van der Waals surface area contributed by atoms with Crippen molar-refractivity contribution in [3.8, 4) is 0 Å². The largest absolute Gasteiger partial charge is 0.508 e. The Morgan fingerprint density at radius 3 is 1.97 bits per heavy atom. The molecule has 5 rings (SSSR count). The first-order valence-electron chi connectivity index (χ1n) is 13.6. The number of aliphatic hydroxyl groups excluding tert-OH is 1. The van der Waals surface area contributed by atoms with E-state index in [4.69, 9.17) is 11.6 Å². The predicted octanol–water partition coefficient (Wildman–Crippen LogP) is 10.7. The number of anilines is 4. The van der Waals surface area contributed by atoms with Crippen LogP contribution in [-0.4, -0.2) is 12.2 Å². The smallest absolute Gasteiger partial charge is 0.115 e. The van der Waals surface area contributed by atoms with Gasteiger partial charge in [0.25, 0.3) is 0 Å². The number of halogens is 1. The van der Waals surface area contributed by atoms with Gasteiger partial charge in [-0.3, -0.25) is 0 Å². The lowest BCUT2D eigenvalue weighted by atomic mass is 9.81. The fraction of sp³-hybridized carbons (Fsp3) is 0.200. The Hall–Kier alpha value is -3.95. The monoisotopic (exact) mass is 536 g/mol. The highest BCUT2D eigenvalue weighted by Gasteiger charge is 2.19. The van der Waals surface area contributed by atoms with Crippen molar-refractivity contribution in [1.82, 2.24) is 0 Å². The van der Waals surface area contributed by atoms with Gasteiger partial charge in [0.05, 0.1) is 0 Å². The van der Waals surface area contributed by atoms with E-state index in [-0.39, 0.29) is 5.76 Å². The van der Waals surface area contributed by atoms with Gasteiger partial charge in [0.1, 0.15) is 5.76 Å². The first-order chi connectivity index (χ1) is 18.9. The van der Waals surface area contributed by atoms with Crippen molar-refractivity contribution in [3.63, 3.8) is 0 Å².